The number of cyclic esters (lactones) is 1. The molecular formula is C27H33F2NO5S. The standard InChI is InChI=1S/C27H33F2NO5S/c1-17(2)35-25(32)23-9-8-22(36-23)6-5-12-30-21(11-13-34-26(30)33)7-10-24(31)27(28,29)20-15-18(3)14-19(4)16-20/h7-10,14-17,21,24,31H,5-6,11-13H2,1-4H3/t21-,24?/m0/s1. The fourth-order valence-corrected chi connectivity index (χ4v) is 5.04. The van der Waals surface area contributed by atoms with Crippen molar-refractivity contribution < 1.29 is 33.0 Å². The van der Waals surface area contributed by atoms with Gasteiger partial charge in [-0.3, -0.25) is 0 Å². The molecule has 1 amide bonds. The van der Waals surface area contributed by atoms with Crippen LogP contribution in [0.25, 0.3) is 0 Å². The zero-order valence-corrected chi connectivity index (χ0v) is 21.8. The van der Waals surface area contributed by atoms with Crippen molar-refractivity contribution in [3.63, 3.8) is 0 Å². The van der Waals surface area contributed by atoms with Crippen LogP contribution >= 0.6 is 11.3 Å². The fraction of sp³-hybridized carbons (Fsp3) is 0.481. The zero-order chi connectivity index (χ0) is 26.5. The summed E-state index contributed by atoms with van der Waals surface area (Å²) < 4.78 is 40.2. The van der Waals surface area contributed by atoms with E-state index in [2.05, 4.69) is 0 Å². The first-order chi connectivity index (χ1) is 17.0. The lowest BCUT2D eigenvalue weighted by Gasteiger charge is -2.33. The molecular weight excluding hydrogens is 488 g/mol. The third kappa shape index (κ3) is 7.13. The first kappa shape index (κ1) is 27.8. The Hall–Kier alpha value is -2.78. The van der Waals surface area contributed by atoms with Gasteiger partial charge in [0.15, 0.2) is 0 Å². The second-order valence-corrected chi connectivity index (χ2v) is 10.5. The Balaban J connectivity index is 1.61. The lowest BCUT2D eigenvalue weighted by molar-refractivity contribution is -0.0930. The molecule has 1 unspecified atom stereocenters. The summed E-state index contributed by atoms with van der Waals surface area (Å²) in [5.41, 5.74) is 1.14. The van der Waals surface area contributed by atoms with Crippen LogP contribution in [0.15, 0.2) is 42.5 Å². The number of rotatable bonds is 10. The van der Waals surface area contributed by atoms with E-state index >= 15 is 0 Å². The van der Waals surface area contributed by atoms with Crippen molar-refractivity contribution in [3.8, 4) is 0 Å². The van der Waals surface area contributed by atoms with Crippen LogP contribution in [0, 0.1) is 13.8 Å². The third-order valence-electron chi connectivity index (χ3n) is 5.80. The first-order valence-electron chi connectivity index (χ1n) is 12.0. The van der Waals surface area contributed by atoms with Gasteiger partial charge in [-0.1, -0.05) is 29.3 Å². The molecule has 0 bridgehead atoms. The van der Waals surface area contributed by atoms with E-state index in [1.54, 1.807) is 39.8 Å². The molecule has 0 spiro atoms. The summed E-state index contributed by atoms with van der Waals surface area (Å²) in [5, 5.41) is 10.3. The summed E-state index contributed by atoms with van der Waals surface area (Å²) in [6.07, 6.45) is 1.46. The molecule has 1 saturated heterocycles. The minimum Gasteiger partial charge on any atom is -0.459 e. The molecule has 1 aliphatic heterocycles. The van der Waals surface area contributed by atoms with Crippen LogP contribution in [0.1, 0.15) is 57.9 Å². The quantitative estimate of drug-likeness (QED) is 0.317. The number of hydrogen-bond acceptors (Lipinski definition) is 6. The Bertz CT molecular complexity index is 1080. The molecule has 3 rings (SSSR count). The molecule has 2 aromatic rings. The maximum absolute atomic E-state index is 14.9. The molecule has 1 aliphatic rings. The Morgan fingerprint density at radius 2 is 1.97 bits per heavy atom. The number of halogens is 2. The Morgan fingerprint density at radius 1 is 1.28 bits per heavy atom. The first-order valence-corrected chi connectivity index (χ1v) is 12.8. The normalized spacial score (nSPS) is 17.5. The van der Waals surface area contributed by atoms with Crippen molar-refractivity contribution in [1.29, 1.82) is 0 Å². The number of aliphatic hydroxyl groups is 1. The van der Waals surface area contributed by atoms with Crippen molar-refractivity contribution in [3.05, 3.63) is 68.9 Å². The molecule has 0 radical (unpaired) electrons. The predicted molar refractivity (Wildman–Crippen MR) is 135 cm³/mol. The van der Waals surface area contributed by atoms with E-state index in [4.69, 9.17) is 9.47 Å². The molecule has 0 saturated carbocycles. The van der Waals surface area contributed by atoms with Gasteiger partial charge in [-0.15, -0.1) is 11.3 Å². The summed E-state index contributed by atoms with van der Waals surface area (Å²) in [6, 6.07) is 7.65. The van der Waals surface area contributed by atoms with Gasteiger partial charge in [-0.05, 0) is 64.8 Å². The number of ether oxygens (including phenoxy) is 2. The number of esters is 1. The monoisotopic (exact) mass is 521 g/mol. The predicted octanol–water partition coefficient (Wildman–Crippen LogP) is 5.78. The van der Waals surface area contributed by atoms with Crippen molar-refractivity contribution >= 4 is 23.4 Å². The number of hydrogen-bond donors (Lipinski definition) is 1. The van der Waals surface area contributed by atoms with E-state index in [0.29, 0.717) is 41.8 Å². The van der Waals surface area contributed by atoms with Crippen LogP contribution in [-0.4, -0.2) is 53.5 Å². The molecule has 1 N–H and O–H groups in total. The van der Waals surface area contributed by atoms with E-state index in [0.717, 1.165) is 11.0 Å². The minimum atomic E-state index is -3.47. The molecule has 2 heterocycles. The SMILES string of the molecule is Cc1cc(C)cc(C(F)(F)C(O)C=C[C@H]2CCOC(=O)N2CCCc2ccc(C(=O)OC(C)C)s2)c1. The lowest BCUT2D eigenvalue weighted by Crippen LogP contribution is -2.45. The van der Waals surface area contributed by atoms with Crippen molar-refractivity contribution in [2.45, 2.75) is 71.1 Å². The van der Waals surface area contributed by atoms with Gasteiger partial charge in [0, 0.05) is 23.4 Å². The Labute approximate surface area is 214 Å². The number of nitrogens with zero attached hydrogens (tertiary/aromatic N) is 1. The molecule has 1 aromatic heterocycles. The second kappa shape index (κ2) is 12.0. The molecule has 9 heteroatoms. The van der Waals surface area contributed by atoms with Gasteiger partial charge in [0.05, 0.1) is 18.8 Å². The largest absolute Gasteiger partial charge is 0.459 e. The Kier molecular flexibility index (Phi) is 9.24. The number of benzene rings is 1. The highest BCUT2D eigenvalue weighted by atomic mass is 32.1. The smallest absolute Gasteiger partial charge is 0.410 e. The van der Waals surface area contributed by atoms with Crippen molar-refractivity contribution in [1.82, 2.24) is 4.90 Å². The highest BCUT2D eigenvalue weighted by Crippen LogP contribution is 2.34. The number of thiophene rings is 1. The molecule has 2 atom stereocenters. The topological polar surface area (TPSA) is 76.1 Å². The highest BCUT2D eigenvalue weighted by Gasteiger charge is 2.39. The number of carbonyl (C=O) groups is 2. The van der Waals surface area contributed by atoms with Crippen LogP contribution in [-0.2, 0) is 21.8 Å². The van der Waals surface area contributed by atoms with Crippen molar-refractivity contribution in [2.24, 2.45) is 0 Å². The number of aryl methyl sites for hydroxylation is 3. The average Bonchev–Trinajstić information content (AvgIpc) is 3.27. The molecule has 1 aromatic carbocycles. The van der Waals surface area contributed by atoms with E-state index < -0.39 is 24.2 Å². The van der Waals surface area contributed by atoms with Gasteiger partial charge >= 0.3 is 18.0 Å². The summed E-state index contributed by atoms with van der Waals surface area (Å²) in [7, 11) is 0. The lowest BCUT2D eigenvalue weighted by atomic mass is 9.98. The molecule has 196 valence electrons. The van der Waals surface area contributed by atoms with E-state index in [1.165, 1.54) is 34.4 Å². The zero-order valence-electron chi connectivity index (χ0n) is 21.0. The maximum Gasteiger partial charge on any atom is 0.410 e. The average molecular weight is 522 g/mol. The highest BCUT2D eigenvalue weighted by molar-refractivity contribution is 7.13. The molecule has 36 heavy (non-hydrogen) atoms. The van der Waals surface area contributed by atoms with Crippen LogP contribution in [0.2, 0.25) is 0 Å². The van der Waals surface area contributed by atoms with Gasteiger partial charge in [-0.25, -0.2) is 9.59 Å². The van der Waals surface area contributed by atoms with Gasteiger partial charge in [0.2, 0.25) is 0 Å². The fourth-order valence-electron chi connectivity index (χ4n) is 4.11. The molecule has 1 fully saturated rings. The summed E-state index contributed by atoms with van der Waals surface area (Å²) in [4.78, 5) is 27.4. The van der Waals surface area contributed by atoms with Gasteiger partial charge in [-0.2, -0.15) is 8.78 Å². The summed E-state index contributed by atoms with van der Waals surface area (Å²) in [5.74, 6) is -3.83. The number of aliphatic hydroxyl groups excluding tert-OH is 1. The maximum atomic E-state index is 14.9. The van der Waals surface area contributed by atoms with Crippen LogP contribution in [0.5, 0.6) is 0 Å². The number of alkyl halides is 2. The van der Waals surface area contributed by atoms with Gasteiger partial charge in [0.25, 0.3) is 0 Å². The number of carbonyl (C=O) groups excluding carboxylic acids is 2. The second-order valence-electron chi connectivity index (χ2n) is 9.32. The van der Waals surface area contributed by atoms with E-state index in [1.807, 2.05) is 6.07 Å². The van der Waals surface area contributed by atoms with Crippen LogP contribution in [0.4, 0.5) is 13.6 Å². The number of amides is 1. The van der Waals surface area contributed by atoms with Gasteiger partial charge in [0.1, 0.15) is 11.0 Å². The van der Waals surface area contributed by atoms with Gasteiger partial charge < -0.3 is 19.5 Å². The summed E-state index contributed by atoms with van der Waals surface area (Å²) in [6.45, 7) is 7.57. The third-order valence-corrected chi connectivity index (χ3v) is 6.92. The minimum absolute atomic E-state index is 0.181. The van der Waals surface area contributed by atoms with E-state index in [-0.39, 0.29) is 24.2 Å². The van der Waals surface area contributed by atoms with Crippen molar-refractivity contribution in [2.75, 3.05) is 13.2 Å². The molecule has 0 aliphatic carbocycles. The van der Waals surface area contributed by atoms with Crippen LogP contribution < -0.4 is 0 Å². The molecule has 6 nitrogen and oxygen atoms in total. The van der Waals surface area contributed by atoms with Crippen LogP contribution in [0.3, 0.4) is 0 Å². The Morgan fingerprint density at radius 3 is 2.64 bits per heavy atom. The van der Waals surface area contributed by atoms with E-state index in [9.17, 15) is 23.5 Å². The summed E-state index contributed by atoms with van der Waals surface area (Å²) >= 11 is 1.35.